The second-order valence-corrected chi connectivity index (χ2v) is 6.40. The zero-order chi connectivity index (χ0) is 17.1. The van der Waals surface area contributed by atoms with E-state index >= 15 is 0 Å². The minimum atomic E-state index is -0.191. The summed E-state index contributed by atoms with van der Waals surface area (Å²) in [4.78, 5) is 13.0. The average Bonchev–Trinajstić information content (AvgIpc) is 3.16. The van der Waals surface area contributed by atoms with Gasteiger partial charge in [0.05, 0.1) is 29.0 Å². The van der Waals surface area contributed by atoms with Gasteiger partial charge in [0.2, 0.25) is 0 Å². The summed E-state index contributed by atoms with van der Waals surface area (Å²) in [6.45, 7) is 5.94. The van der Waals surface area contributed by atoms with Crippen molar-refractivity contribution in [3.05, 3.63) is 52.3 Å². The highest BCUT2D eigenvalue weighted by molar-refractivity contribution is 7.08. The van der Waals surface area contributed by atoms with E-state index in [0.717, 1.165) is 41.4 Å². The van der Waals surface area contributed by atoms with Gasteiger partial charge in [-0.05, 0) is 43.9 Å². The Morgan fingerprint density at radius 2 is 2.00 bits per heavy atom. The van der Waals surface area contributed by atoms with E-state index in [0.29, 0.717) is 10.6 Å². The Labute approximate surface area is 144 Å². The maximum Gasteiger partial charge on any atom is 0.269 e. The van der Waals surface area contributed by atoms with Crippen LogP contribution in [-0.2, 0) is 6.42 Å². The molecule has 6 nitrogen and oxygen atoms in total. The molecule has 0 saturated heterocycles. The number of hydrogen-bond donors (Lipinski definition) is 1. The van der Waals surface area contributed by atoms with E-state index in [1.165, 1.54) is 5.56 Å². The first-order valence-electron chi connectivity index (χ1n) is 7.84. The number of amides is 1. The van der Waals surface area contributed by atoms with E-state index in [2.05, 4.69) is 46.0 Å². The van der Waals surface area contributed by atoms with Crippen LogP contribution in [0.1, 0.15) is 40.0 Å². The summed E-state index contributed by atoms with van der Waals surface area (Å²) in [5.74, 6) is -0.191. The molecule has 2 aromatic heterocycles. The molecule has 7 heteroatoms. The van der Waals surface area contributed by atoms with E-state index in [1.54, 1.807) is 13.1 Å². The lowest BCUT2D eigenvalue weighted by atomic mass is 10.2. The van der Waals surface area contributed by atoms with Gasteiger partial charge in [-0.2, -0.15) is 5.10 Å². The quantitative estimate of drug-likeness (QED) is 0.770. The van der Waals surface area contributed by atoms with Crippen LogP contribution in [0.25, 0.3) is 5.69 Å². The molecular weight excluding hydrogens is 322 g/mol. The standard InChI is InChI=1S/C17H19N5OS/c1-4-5-15-14(19-17(23)16-12(3)20-21-24-16)10-18-22(15)13-8-6-11(2)7-9-13/h6-10H,4-5H2,1-3H3,(H,19,23). The zero-order valence-corrected chi connectivity index (χ0v) is 14.7. The molecule has 0 atom stereocenters. The molecule has 0 bridgehead atoms. The number of aryl methyl sites for hydroxylation is 2. The van der Waals surface area contributed by atoms with Crippen molar-refractivity contribution in [3.63, 3.8) is 0 Å². The van der Waals surface area contributed by atoms with Crippen molar-refractivity contribution in [1.82, 2.24) is 19.4 Å². The Hall–Kier alpha value is -2.54. The number of nitrogens with zero attached hydrogens (tertiary/aromatic N) is 4. The lowest BCUT2D eigenvalue weighted by molar-refractivity contribution is 0.102. The van der Waals surface area contributed by atoms with Crippen molar-refractivity contribution in [1.29, 1.82) is 0 Å². The van der Waals surface area contributed by atoms with Crippen LogP contribution in [0, 0.1) is 13.8 Å². The summed E-state index contributed by atoms with van der Waals surface area (Å²) < 4.78 is 5.70. The monoisotopic (exact) mass is 341 g/mol. The molecule has 1 aromatic carbocycles. The number of hydrogen-bond acceptors (Lipinski definition) is 5. The minimum absolute atomic E-state index is 0.191. The van der Waals surface area contributed by atoms with Gasteiger partial charge >= 0.3 is 0 Å². The maximum absolute atomic E-state index is 12.4. The molecule has 0 spiro atoms. The Morgan fingerprint density at radius 3 is 2.62 bits per heavy atom. The van der Waals surface area contributed by atoms with Crippen LogP contribution in [0.3, 0.4) is 0 Å². The molecule has 0 radical (unpaired) electrons. The predicted molar refractivity (Wildman–Crippen MR) is 94.9 cm³/mol. The molecule has 3 aromatic rings. The van der Waals surface area contributed by atoms with E-state index in [-0.39, 0.29) is 5.91 Å². The van der Waals surface area contributed by atoms with Gasteiger partial charge in [-0.15, -0.1) is 5.10 Å². The number of nitrogens with one attached hydrogen (secondary N) is 1. The molecule has 0 aliphatic heterocycles. The largest absolute Gasteiger partial charge is 0.318 e. The van der Waals surface area contributed by atoms with Gasteiger partial charge in [0.1, 0.15) is 4.88 Å². The highest BCUT2D eigenvalue weighted by Crippen LogP contribution is 2.23. The van der Waals surface area contributed by atoms with Crippen molar-refractivity contribution in [2.45, 2.75) is 33.6 Å². The number of aromatic nitrogens is 4. The fourth-order valence-corrected chi connectivity index (χ4v) is 3.03. The molecule has 0 aliphatic carbocycles. The number of benzene rings is 1. The number of carbonyl (C=O) groups is 1. The Balaban J connectivity index is 1.92. The van der Waals surface area contributed by atoms with E-state index in [1.807, 2.05) is 16.8 Å². The molecule has 3 rings (SSSR count). The molecular formula is C17H19N5OS. The number of rotatable bonds is 5. The molecule has 1 N–H and O–H groups in total. The third kappa shape index (κ3) is 3.21. The minimum Gasteiger partial charge on any atom is -0.318 e. The molecule has 0 aliphatic rings. The van der Waals surface area contributed by atoms with Crippen LogP contribution in [0.15, 0.2) is 30.5 Å². The second kappa shape index (κ2) is 6.92. The molecule has 0 fully saturated rings. The molecule has 1 amide bonds. The predicted octanol–water partition coefficient (Wildman–Crippen LogP) is 3.55. The Morgan fingerprint density at radius 1 is 1.25 bits per heavy atom. The van der Waals surface area contributed by atoms with Gasteiger partial charge in [0.15, 0.2) is 0 Å². The lowest BCUT2D eigenvalue weighted by Gasteiger charge is -2.10. The second-order valence-electron chi connectivity index (χ2n) is 5.64. The lowest BCUT2D eigenvalue weighted by Crippen LogP contribution is -2.13. The summed E-state index contributed by atoms with van der Waals surface area (Å²) >= 11 is 1.10. The van der Waals surface area contributed by atoms with Crippen LogP contribution in [0.4, 0.5) is 5.69 Å². The van der Waals surface area contributed by atoms with Crippen molar-refractivity contribution < 1.29 is 4.79 Å². The van der Waals surface area contributed by atoms with E-state index in [9.17, 15) is 4.79 Å². The highest BCUT2D eigenvalue weighted by Gasteiger charge is 2.18. The van der Waals surface area contributed by atoms with Crippen molar-refractivity contribution in [3.8, 4) is 5.69 Å². The van der Waals surface area contributed by atoms with Crippen LogP contribution in [-0.4, -0.2) is 25.3 Å². The maximum atomic E-state index is 12.4. The van der Waals surface area contributed by atoms with Gasteiger partial charge in [0, 0.05) is 0 Å². The molecule has 124 valence electrons. The fourth-order valence-electron chi connectivity index (χ4n) is 2.48. The van der Waals surface area contributed by atoms with Gasteiger partial charge in [-0.25, -0.2) is 4.68 Å². The van der Waals surface area contributed by atoms with E-state index < -0.39 is 0 Å². The number of carbonyl (C=O) groups excluding carboxylic acids is 1. The SMILES string of the molecule is CCCc1c(NC(=O)c2snnc2C)cnn1-c1ccc(C)cc1. The van der Waals surface area contributed by atoms with Crippen LogP contribution in [0.5, 0.6) is 0 Å². The number of anilines is 1. The van der Waals surface area contributed by atoms with Crippen molar-refractivity contribution >= 4 is 23.1 Å². The van der Waals surface area contributed by atoms with Gasteiger partial charge in [-0.1, -0.05) is 35.5 Å². The third-order valence-corrected chi connectivity index (χ3v) is 4.57. The summed E-state index contributed by atoms with van der Waals surface area (Å²) in [5.41, 5.74) is 4.55. The molecule has 0 unspecified atom stereocenters. The highest BCUT2D eigenvalue weighted by atomic mass is 32.1. The third-order valence-electron chi connectivity index (χ3n) is 3.74. The summed E-state index contributed by atoms with van der Waals surface area (Å²) in [7, 11) is 0. The fraction of sp³-hybridized carbons (Fsp3) is 0.294. The Kier molecular flexibility index (Phi) is 4.71. The first kappa shape index (κ1) is 16.3. The first-order valence-corrected chi connectivity index (χ1v) is 8.61. The van der Waals surface area contributed by atoms with Crippen LogP contribution < -0.4 is 5.32 Å². The zero-order valence-electron chi connectivity index (χ0n) is 13.9. The van der Waals surface area contributed by atoms with E-state index in [4.69, 9.17) is 0 Å². The summed E-state index contributed by atoms with van der Waals surface area (Å²) in [5, 5.41) is 11.3. The van der Waals surface area contributed by atoms with Crippen molar-refractivity contribution in [2.24, 2.45) is 0 Å². The smallest absolute Gasteiger partial charge is 0.269 e. The summed E-state index contributed by atoms with van der Waals surface area (Å²) in [6.07, 6.45) is 3.48. The van der Waals surface area contributed by atoms with Crippen LogP contribution in [0.2, 0.25) is 0 Å². The average molecular weight is 341 g/mol. The normalized spacial score (nSPS) is 10.8. The Bertz CT molecular complexity index is 850. The van der Waals surface area contributed by atoms with Crippen LogP contribution >= 0.6 is 11.5 Å². The molecule has 2 heterocycles. The van der Waals surface area contributed by atoms with Crippen molar-refractivity contribution in [2.75, 3.05) is 5.32 Å². The van der Waals surface area contributed by atoms with Gasteiger partial charge < -0.3 is 5.32 Å². The molecule has 0 saturated carbocycles. The van der Waals surface area contributed by atoms with Gasteiger partial charge in [0.25, 0.3) is 5.91 Å². The molecule has 24 heavy (non-hydrogen) atoms. The summed E-state index contributed by atoms with van der Waals surface area (Å²) in [6, 6.07) is 8.17. The first-order chi connectivity index (χ1) is 11.6. The van der Waals surface area contributed by atoms with Gasteiger partial charge in [-0.3, -0.25) is 4.79 Å². The topological polar surface area (TPSA) is 72.7 Å².